The lowest BCUT2D eigenvalue weighted by molar-refractivity contribution is 0.0936. The van der Waals surface area contributed by atoms with Gasteiger partial charge in [-0.1, -0.05) is 30.3 Å². The van der Waals surface area contributed by atoms with Gasteiger partial charge < -0.3 is 14.8 Å². The van der Waals surface area contributed by atoms with Crippen LogP contribution in [0.25, 0.3) is 0 Å². The summed E-state index contributed by atoms with van der Waals surface area (Å²) in [5, 5.41) is 3.16. The van der Waals surface area contributed by atoms with Gasteiger partial charge in [0.25, 0.3) is 5.91 Å². The van der Waals surface area contributed by atoms with Crippen molar-refractivity contribution in [3.63, 3.8) is 0 Å². The van der Waals surface area contributed by atoms with E-state index in [1.54, 1.807) is 6.20 Å². The first-order valence-corrected chi connectivity index (χ1v) is 8.64. The van der Waals surface area contributed by atoms with Gasteiger partial charge in [-0.15, -0.1) is 0 Å². The van der Waals surface area contributed by atoms with Crippen molar-refractivity contribution in [2.75, 3.05) is 19.0 Å². The van der Waals surface area contributed by atoms with Crippen LogP contribution in [0.5, 0.6) is 0 Å². The maximum absolute atomic E-state index is 12.8. The predicted octanol–water partition coefficient (Wildman–Crippen LogP) is 3.20. The summed E-state index contributed by atoms with van der Waals surface area (Å²) < 4.78 is 1.98. The molecule has 0 radical (unpaired) electrons. The molecule has 26 heavy (non-hydrogen) atoms. The first kappa shape index (κ1) is 17.7. The van der Waals surface area contributed by atoms with Crippen molar-refractivity contribution in [1.82, 2.24) is 14.9 Å². The Labute approximate surface area is 154 Å². The van der Waals surface area contributed by atoms with Crippen molar-refractivity contribution in [2.24, 2.45) is 7.05 Å². The van der Waals surface area contributed by atoms with Gasteiger partial charge in [0, 0.05) is 51.2 Å². The minimum Gasteiger partial charge on any atom is -0.378 e. The number of aryl methyl sites for hydroxylation is 1. The Kier molecular flexibility index (Phi) is 5.37. The second-order valence-corrected chi connectivity index (χ2v) is 6.54. The number of imidazole rings is 1. The molecule has 1 atom stereocenters. The van der Waals surface area contributed by atoms with E-state index in [0.29, 0.717) is 12.0 Å². The van der Waals surface area contributed by atoms with Crippen molar-refractivity contribution >= 4 is 11.6 Å². The number of aromatic nitrogens is 2. The lowest BCUT2D eigenvalue weighted by Crippen LogP contribution is -2.30. The summed E-state index contributed by atoms with van der Waals surface area (Å²) in [6, 6.07) is 17.5. The van der Waals surface area contributed by atoms with Gasteiger partial charge >= 0.3 is 0 Å². The highest BCUT2D eigenvalue weighted by Crippen LogP contribution is 2.19. The van der Waals surface area contributed by atoms with Gasteiger partial charge in [-0.05, 0) is 29.8 Å². The van der Waals surface area contributed by atoms with E-state index in [-0.39, 0.29) is 11.9 Å². The molecule has 1 aromatic heterocycles. The van der Waals surface area contributed by atoms with E-state index < -0.39 is 0 Å². The van der Waals surface area contributed by atoms with E-state index in [0.717, 1.165) is 17.1 Å². The molecule has 0 saturated heterocycles. The molecule has 0 saturated carbocycles. The first-order chi connectivity index (χ1) is 12.5. The van der Waals surface area contributed by atoms with Crippen LogP contribution in [0.1, 0.15) is 27.8 Å². The van der Waals surface area contributed by atoms with Crippen molar-refractivity contribution in [3.05, 3.63) is 83.9 Å². The van der Waals surface area contributed by atoms with Crippen LogP contribution in [0.3, 0.4) is 0 Å². The second-order valence-electron chi connectivity index (χ2n) is 6.54. The molecule has 5 nitrogen and oxygen atoms in total. The van der Waals surface area contributed by atoms with Crippen LogP contribution in [0.4, 0.5) is 5.69 Å². The summed E-state index contributed by atoms with van der Waals surface area (Å²) in [5.41, 5.74) is 2.78. The van der Waals surface area contributed by atoms with Gasteiger partial charge in [0.2, 0.25) is 0 Å². The van der Waals surface area contributed by atoms with Crippen molar-refractivity contribution in [1.29, 1.82) is 0 Å². The maximum atomic E-state index is 12.8. The number of carbonyl (C=O) groups excluding carboxylic acids is 1. The third kappa shape index (κ3) is 4.11. The molecule has 3 rings (SSSR count). The van der Waals surface area contributed by atoms with Crippen LogP contribution in [0.15, 0.2) is 67.0 Å². The minimum absolute atomic E-state index is 0.0848. The highest BCUT2D eigenvalue weighted by atomic mass is 16.1. The van der Waals surface area contributed by atoms with Gasteiger partial charge in [0.1, 0.15) is 5.82 Å². The van der Waals surface area contributed by atoms with E-state index in [4.69, 9.17) is 0 Å². The zero-order valence-electron chi connectivity index (χ0n) is 15.4. The normalized spacial score (nSPS) is 11.8. The Balaban J connectivity index is 1.80. The smallest absolute Gasteiger partial charge is 0.251 e. The van der Waals surface area contributed by atoms with E-state index >= 15 is 0 Å². The molecular weight excluding hydrogens is 324 g/mol. The summed E-state index contributed by atoms with van der Waals surface area (Å²) in [6.45, 7) is 0. The highest BCUT2D eigenvalue weighted by molar-refractivity contribution is 5.94. The molecule has 0 bridgehead atoms. The fourth-order valence-electron chi connectivity index (χ4n) is 2.87. The van der Waals surface area contributed by atoms with Gasteiger partial charge in [-0.25, -0.2) is 4.98 Å². The lowest BCUT2D eigenvalue weighted by atomic mass is 10.0. The molecule has 2 aromatic carbocycles. The molecule has 0 unspecified atom stereocenters. The maximum Gasteiger partial charge on any atom is 0.251 e. The predicted molar refractivity (Wildman–Crippen MR) is 104 cm³/mol. The van der Waals surface area contributed by atoms with Crippen LogP contribution in [-0.4, -0.2) is 29.6 Å². The summed E-state index contributed by atoms with van der Waals surface area (Å²) in [7, 11) is 5.92. The molecular formula is C21H24N4O. The standard InChI is InChI=1S/C21H24N4O/c1-24(2)18-11-9-17(10-12-18)21(26)23-19(16-7-5-4-6-8-16)15-20-22-13-14-25(20)3/h4-14,19H,15H2,1-3H3,(H,23,26)/t19-/m1/s1. The molecule has 1 amide bonds. The third-order valence-corrected chi connectivity index (χ3v) is 4.46. The first-order valence-electron chi connectivity index (χ1n) is 8.64. The Morgan fingerprint density at radius 2 is 1.81 bits per heavy atom. The molecule has 1 N–H and O–H groups in total. The van der Waals surface area contributed by atoms with Crippen LogP contribution < -0.4 is 10.2 Å². The molecule has 3 aromatic rings. The Morgan fingerprint density at radius 3 is 2.38 bits per heavy atom. The van der Waals surface area contributed by atoms with Crippen LogP contribution in [0, 0.1) is 0 Å². The van der Waals surface area contributed by atoms with Crippen LogP contribution in [0.2, 0.25) is 0 Å². The van der Waals surface area contributed by atoms with Crippen LogP contribution >= 0.6 is 0 Å². The average Bonchev–Trinajstić information content (AvgIpc) is 3.06. The number of carbonyl (C=O) groups is 1. The number of hydrogen-bond acceptors (Lipinski definition) is 3. The highest BCUT2D eigenvalue weighted by Gasteiger charge is 2.18. The largest absolute Gasteiger partial charge is 0.378 e. The monoisotopic (exact) mass is 348 g/mol. The summed E-state index contributed by atoms with van der Waals surface area (Å²) in [5.74, 6) is 0.848. The number of benzene rings is 2. The van der Waals surface area contributed by atoms with E-state index in [9.17, 15) is 4.79 Å². The SMILES string of the molecule is CN(C)c1ccc(C(=O)N[C@H](Cc2nccn2C)c2ccccc2)cc1. The number of nitrogens with zero attached hydrogens (tertiary/aromatic N) is 3. The van der Waals surface area contributed by atoms with Crippen molar-refractivity contribution < 1.29 is 4.79 Å². The topological polar surface area (TPSA) is 50.2 Å². The molecule has 5 heteroatoms. The van der Waals surface area contributed by atoms with Gasteiger partial charge in [-0.2, -0.15) is 0 Å². The van der Waals surface area contributed by atoms with Gasteiger partial charge in [0.15, 0.2) is 0 Å². The molecule has 0 aliphatic heterocycles. The molecule has 0 aliphatic carbocycles. The lowest BCUT2D eigenvalue weighted by Gasteiger charge is -2.20. The average molecular weight is 348 g/mol. The minimum atomic E-state index is -0.140. The van der Waals surface area contributed by atoms with Gasteiger partial charge in [0.05, 0.1) is 6.04 Å². The fraction of sp³-hybridized carbons (Fsp3) is 0.238. The number of hydrogen-bond donors (Lipinski definition) is 1. The Hall–Kier alpha value is -3.08. The van der Waals surface area contributed by atoms with E-state index in [2.05, 4.69) is 10.3 Å². The number of anilines is 1. The Morgan fingerprint density at radius 1 is 1.12 bits per heavy atom. The van der Waals surface area contributed by atoms with Crippen LogP contribution in [-0.2, 0) is 13.5 Å². The second kappa shape index (κ2) is 7.87. The summed E-state index contributed by atoms with van der Waals surface area (Å²) >= 11 is 0. The zero-order valence-corrected chi connectivity index (χ0v) is 15.4. The van der Waals surface area contributed by atoms with E-state index in [1.165, 1.54) is 0 Å². The third-order valence-electron chi connectivity index (χ3n) is 4.46. The van der Waals surface area contributed by atoms with E-state index in [1.807, 2.05) is 91.4 Å². The quantitative estimate of drug-likeness (QED) is 0.744. The number of amides is 1. The Bertz CT molecular complexity index is 853. The molecule has 134 valence electrons. The number of rotatable bonds is 6. The number of nitrogens with one attached hydrogen (secondary N) is 1. The van der Waals surface area contributed by atoms with Crippen molar-refractivity contribution in [2.45, 2.75) is 12.5 Å². The summed E-state index contributed by atoms with van der Waals surface area (Å²) in [6.07, 6.45) is 4.33. The van der Waals surface area contributed by atoms with Gasteiger partial charge in [-0.3, -0.25) is 4.79 Å². The van der Waals surface area contributed by atoms with Crippen molar-refractivity contribution in [3.8, 4) is 0 Å². The fourth-order valence-corrected chi connectivity index (χ4v) is 2.87. The molecule has 0 aliphatic rings. The molecule has 1 heterocycles. The molecule has 0 fully saturated rings. The molecule has 0 spiro atoms. The summed E-state index contributed by atoms with van der Waals surface area (Å²) in [4.78, 5) is 19.2. The zero-order chi connectivity index (χ0) is 18.5.